The summed E-state index contributed by atoms with van der Waals surface area (Å²) >= 11 is 1.29. The smallest absolute Gasteiger partial charge is 0.321 e. The molecule has 0 aliphatic carbocycles. The van der Waals surface area contributed by atoms with Crippen molar-refractivity contribution in [1.82, 2.24) is 15.6 Å². The summed E-state index contributed by atoms with van der Waals surface area (Å²) in [5, 5.41) is 6.51. The summed E-state index contributed by atoms with van der Waals surface area (Å²) in [6.45, 7) is 3.79. The number of nitrogens with one attached hydrogen (secondary N) is 2. The van der Waals surface area contributed by atoms with Crippen LogP contribution in [0.15, 0.2) is 54.1 Å². The van der Waals surface area contributed by atoms with Crippen molar-refractivity contribution in [3.05, 3.63) is 49.1 Å². The van der Waals surface area contributed by atoms with Gasteiger partial charge in [-0.3, -0.25) is 10.1 Å². The van der Waals surface area contributed by atoms with Crippen molar-refractivity contribution in [3.63, 3.8) is 0 Å². The number of benzene rings is 1. The summed E-state index contributed by atoms with van der Waals surface area (Å²) in [7, 11) is 0. The van der Waals surface area contributed by atoms with Crippen LogP contribution in [0.5, 0.6) is 0 Å². The molecule has 1 aromatic carbocycles. The zero-order valence-corrected chi connectivity index (χ0v) is 12.2. The quantitative estimate of drug-likeness (QED) is 0.657. The van der Waals surface area contributed by atoms with E-state index < -0.39 is 6.03 Å². The molecule has 108 valence electrons. The number of aromatic nitrogens is 1. The lowest BCUT2D eigenvalue weighted by atomic mass is 10.2. The van der Waals surface area contributed by atoms with Crippen LogP contribution in [0.25, 0.3) is 10.9 Å². The highest BCUT2D eigenvalue weighted by atomic mass is 32.2. The molecule has 0 spiro atoms. The van der Waals surface area contributed by atoms with E-state index in [0.29, 0.717) is 6.54 Å². The first-order chi connectivity index (χ1) is 10.2. The molecule has 21 heavy (non-hydrogen) atoms. The summed E-state index contributed by atoms with van der Waals surface area (Å²) in [4.78, 5) is 27.3. The molecule has 0 atom stereocenters. The van der Waals surface area contributed by atoms with Crippen molar-refractivity contribution in [2.75, 3.05) is 12.3 Å². The number of hydrogen-bond donors (Lipinski definition) is 2. The van der Waals surface area contributed by atoms with E-state index in [1.807, 2.05) is 36.4 Å². The fourth-order valence-electron chi connectivity index (χ4n) is 1.64. The molecule has 6 heteroatoms. The highest BCUT2D eigenvalue weighted by Crippen LogP contribution is 2.19. The molecule has 5 nitrogen and oxygen atoms in total. The average molecular weight is 301 g/mol. The summed E-state index contributed by atoms with van der Waals surface area (Å²) in [5.74, 6) is -0.233. The second-order valence-corrected chi connectivity index (χ2v) is 5.17. The van der Waals surface area contributed by atoms with Crippen LogP contribution in [0.2, 0.25) is 0 Å². The van der Waals surface area contributed by atoms with E-state index in [1.54, 1.807) is 0 Å². The Morgan fingerprint density at radius 1 is 1.24 bits per heavy atom. The second-order valence-electron chi connectivity index (χ2n) is 4.18. The molecule has 2 N–H and O–H groups in total. The third-order valence-corrected chi connectivity index (χ3v) is 3.51. The maximum absolute atomic E-state index is 11.6. The van der Waals surface area contributed by atoms with E-state index in [2.05, 4.69) is 22.2 Å². The predicted molar refractivity (Wildman–Crippen MR) is 84.2 cm³/mol. The van der Waals surface area contributed by atoms with Gasteiger partial charge in [0.15, 0.2) is 0 Å². The molecule has 0 saturated carbocycles. The Labute approximate surface area is 126 Å². The highest BCUT2D eigenvalue weighted by molar-refractivity contribution is 7.99. The predicted octanol–water partition coefficient (Wildman–Crippen LogP) is 2.34. The maximum Gasteiger partial charge on any atom is 0.321 e. The maximum atomic E-state index is 11.6. The Morgan fingerprint density at radius 3 is 2.86 bits per heavy atom. The second kappa shape index (κ2) is 7.44. The van der Waals surface area contributed by atoms with Gasteiger partial charge in [0.1, 0.15) is 0 Å². The third-order valence-electron chi connectivity index (χ3n) is 2.58. The molecule has 1 heterocycles. The van der Waals surface area contributed by atoms with Crippen LogP contribution in [-0.2, 0) is 4.79 Å². The van der Waals surface area contributed by atoms with E-state index in [4.69, 9.17) is 0 Å². The third kappa shape index (κ3) is 4.61. The Balaban J connectivity index is 1.87. The molecule has 0 unspecified atom stereocenters. The van der Waals surface area contributed by atoms with Gasteiger partial charge in [-0.15, -0.1) is 6.58 Å². The Bertz CT molecular complexity index is 673. The summed E-state index contributed by atoms with van der Waals surface area (Å²) in [6, 6.07) is 11.1. The van der Waals surface area contributed by atoms with E-state index in [9.17, 15) is 9.59 Å². The molecule has 0 aliphatic heterocycles. The first-order valence-corrected chi connectivity index (χ1v) is 7.35. The molecular weight excluding hydrogens is 286 g/mol. The molecule has 2 rings (SSSR count). The number of pyridine rings is 1. The zero-order chi connectivity index (χ0) is 15.1. The highest BCUT2D eigenvalue weighted by Gasteiger charge is 2.08. The number of rotatable bonds is 5. The van der Waals surface area contributed by atoms with Crippen LogP contribution in [-0.4, -0.2) is 29.2 Å². The number of carbonyl (C=O) groups excluding carboxylic acids is 2. The van der Waals surface area contributed by atoms with Crippen LogP contribution in [0, 0.1) is 0 Å². The number of para-hydroxylation sites is 1. The van der Waals surface area contributed by atoms with Gasteiger partial charge < -0.3 is 5.32 Å². The van der Waals surface area contributed by atoms with Gasteiger partial charge in [-0.25, -0.2) is 9.78 Å². The average Bonchev–Trinajstić information content (AvgIpc) is 2.50. The fourth-order valence-corrected chi connectivity index (χ4v) is 2.32. The summed E-state index contributed by atoms with van der Waals surface area (Å²) in [6.07, 6.45) is 1.54. The number of fused-ring (bicyclic) bond motifs is 1. The van der Waals surface area contributed by atoms with Gasteiger partial charge in [0.2, 0.25) is 5.91 Å². The first-order valence-electron chi connectivity index (χ1n) is 6.36. The number of thioether (sulfide) groups is 1. The van der Waals surface area contributed by atoms with Crippen LogP contribution < -0.4 is 10.6 Å². The topological polar surface area (TPSA) is 71.1 Å². The van der Waals surface area contributed by atoms with E-state index in [0.717, 1.165) is 15.9 Å². The fraction of sp³-hybridized carbons (Fsp3) is 0.133. The minimum atomic E-state index is -0.521. The Morgan fingerprint density at radius 2 is 2.05 bits per heavy atom. The normalized spacial score (nSPS) is 10.1. The minimum Gasteiger partial charge on any atom is -0.334 e. The number of amides is 3. The monoisotopic (exact) mass is 301 g/mol. The molecule has 0 saturated heterocycles. The Hall–Kier alpha value is -2.34. The van der Waals surface area contributed by atoms with Gasteiger partial charge in [-0.05, 0) is 12.1 Å². The summed E-state index contributed by atoms with van der Waals surface area (Å²) in [5.41, 5.74) is 0.881. The molecule has 0 fully saturated rings. The van der Waals surface area contributed by atoms with Crippen molar-refractivity contribution in [1.29, 1.82) is 0 Å². The van der Waals surface area contributed by atoms with E-state index in [-0.39, 0.29) is 11.7 Å². The van der Waals surface area contributed by atoms with Crippen LogP contribution in [0.1, 0.15) is 0 Å². The first kappa shape index (κ1) is 15.1. The van der Waals surface area contributed by atoms with Crippen molar-refractivity contribution < 1.29 is 9.59 Å². The number of nitrogens with zero attached hydrogens (tertiary/aromatic N) is 1. The zero-order valence-electron chi connectivity index (χ0n) is 11.3. The molecular formula is C15H15N3O2S. The molecule has 3 amide bonds. The SMILES string of the molecule is C=CCNC(=O)NC(=O)CSc1ccc2ccccc2n1. The van der Waals surface area contributed by atoms with E-state index in [1.165, 1.54) is 17.8 Å². The number of imide groups is 1. The lowest BCUT2D eigenvalue weighted by molar-refractivity contribution is -0.117. The van der Waals surface area contributed by atoms with Gasteiger partial charge in [-0.1, -0.05) is 42.1 Å². The van der Waals surface area contributed by atoms with Crippen molar-refractivity contribution in [2.45, 2.75) is 5.03 Å². The standard InChI is InChI=1S/C15H15N3O2S/c1-2-9-16-15(20)18-13(19)10-21-14-8-7-11-5-3-4-6-12(11)17-14/h2-8H,1,9-10H2,(H2,16,18,19,20). The van der Waals surface area contributed by atoms with Gasteiger partial charge in [0.05, 0.1) is 16.3 Å². The number of urea groups is 1. The van der Waals surface area contributed by atoms with Gasteiger partial charge in [0.25, 0.3) is 0 Å². The summed E-state index contributed by atoms with van der Waals surface area (Å²) < 4.78 is 0. The number of carbonyl (C=O) groups is 2. The molecule has 1 aromatic heterocycles. The van der Waals surface area contributed by atoms with Crippen LogP contribution in [0.4, 0.5) is 4.79 Å². The van der Waals surface area contributed by atoms with E-state index >= 15 is 0 Å². The largest absolute Gasteiger partial charge is 0.334 e. The van der Waals surface area contributed by atoms with Gasteiger partial charge in [-0.2, -0.15) is 0 Å². The Kier molecular flexibility index (Phi) is 5.34. The molecule has 2 aromatic rings. The van der Waals surface area contributed by atoms with Gasteiger partial charge in [0, 0.05) is 11.9 Å². The van der Waals surface area contributed by atoms with Crippen molar-refractivity contribution in [3.8, 4) is 0 Å². The number of hydrogen-bond acceptors (Lipinski definition) is 4. The minimum absolute atomic E-state index is 0.132. The van der Waals surface area contributed by atoms with Crippen LogP contribution >= 0.6 is 11.8 Å². The molecule has 0 radical (unpaired) electrons. The molecule has 0 bridgehead atoms. The molecule has 0 aliphatic rings. The lowest BCUT2D eigenvalue weighted by Crippen LogP contribution is -2.40. The lowest BCUT2D eigenvalue weighted by Gasteiger charge is -2.05. The van der Waals surface area contributed by atoms with Gasteiger partial charge >= 0.3 is 6.03 Å². The van der Waals surface area contributed by atoms with Crippen molar-refractivity contribution in [2.24, 2.45) is 0 Å². The van der Waals surface area contributed by atoms with Crippen LogP contribution in [0.3, 0.4) is 0 Å². The van der Waals surface area contributed by atoms with Crippen molar-refractivity contribution >= 4 is 34.6 Å².